The third kappa shape index (κ3) is 2.65. The van der Waals surface area contributed by atoms with Gasteiger partial charge in [-0.1, -0.05) is 15.9 Å². The smallest absolute Gasteiger partial charge is 0.273 e. The van der Waals surface area contributed by atoms with Crippen LogP contribution in [0.15, 0.2) is 28.4 Å². The first kappa shape index (κ1) is 12.1. The molecule has 0 saturated carbocycles. The summed E-state index contributed by atoms with van der Waals surface area (Å²) in [5, 5.41) is 5.60. The molecule has 0 aromatic heterocycles. The Morgan fingerprint density at radius 2 is 2.18 bits per heavy atom. The van der Waals surface area contributed by atoms with Crippen LogP contribution in [0.1, 0.15) is 5.56 Å². The lowest BCUT2D eigenvalue weighted by Gasteiger charge is -2.05. The van der Waals surface area contributed by atoms with E-state index in [2.05, 4.69) is 26.6 Å². The highest BCUT2D eigenvalue weighted by atomic mass is 79.9. The van der Waals surface area contributed by atoms with E-state index in [0.29, 0.717) is 16.6 Å². The number of hydrogen-bond donors (Lipinski definition) is 2. The van der Waals surface area contributed by atoms with Crippen LogP contribution in [0.3, 0.4) is 0 Å². The van der Waals surface area contributed by atoms with Gasteiger partial charge in [0.1, 0.15) is 11.4 Å². The molecule has 2 N–H and O–H groups in total. The zero-order valence-corrected chi connectivity index (χ0v) is 11.3. The summed E-state index contributed by atoms with van der Waals surface area (Å²) < 4.78 is 6.12. The van der Waals surface area contributed by atoms with Gasteiger partial charge >= 0.3 is 0 Å². The number of rotatable bonds is 2. The molecule has 4 nitrogen and oxygen atoms in total. The van der Waals surface area contributed by atoms with E-state index in [0.717, 1.165) is 10.0 Å². The van der Waals surface area contributed by atoms with Gasteiger partial charge in [-0.15, -0.1) is 0 Å². The van der Waals surface area contributed by atoms with Crippen molar-refractivity contribution in [1.82, 2.24) is 10.6 Å². The van der Waals surface area contributed by atoms with E-state index in [1.165, 1.54) is 0 Å². The van der Waals surface area contributed by atoms with Crippen LogP contribution in [-0.4, -0.2) is 18.1 Å². The third-order valence-corrected chi connectivity index (χ3v) is 2.91. The van der Waals surface area contributed by atoms with Crippen molar-refractivity contribution in [3.8, 4) is 5.75 Å². The molecule has 17 heavy (non-hydrogen) atoms. The van der Waals surface area contributed by atoms with E-state index < -0.39 is 0 Å². The van der Waals surface area contributed by atoms with Crippen LogP contribution in [0.5, 0.6) is 5.75 Å². The van der Waals surface area contributed by atoms with Crippen molar-refractivity contribution in [3.05, 3.63) is 33.9 Å². The molecule has 0 spiro atoms. The molecule has 88 valence electrons. The minimum absolute atomic E-state index is 0.239. The summed E-state index contributed by atoms with van der Waals surface area (Å²) in [6, 6.07) is 5.55. The van der Waals surface area contributed by atoms with Crippen LogP contribution in [0, 0.1) is 0 Å². The minimum Gasteiger partial charge on any atom is -0.496 e. The fraction of sp³-hybridized carbons (Fsp3) is 0.0909. The van der Waals surface area contributed by atoms with Gasteiger partial charge < -0.3 is 10.1 Å². The maximum absolute atomic E-state index is 11.5. The Morgan fingerprint density at radius 3 is 2.76 bits per heavy atom. The van der Waals surface area contributed by atoms with Gasteiger partial charge in [-0.05, 0) is 36.5 Å². The molecule has 0 aliphatic carbocycles. The first-order valence-electron chi connectivity index (χ1n) is 4.77. The van der Waals surface area contributed by atoms with E-state index in [1.54, 1.807) is 13.2 Å². The van der Waals surface area contributed by atoms with Crippen molar-refractivity contribution >= 4 is 45.2 Å². The molecular weight excluding hydrogens is 304 g/mol. The van der Waals surface area contributed by atoms with Crippen LogP contribution in [-0.2, 0) is 4.79 Å². The molecule has 1 saturated heterocycles. The molecular formula is C11H9BrN2O2S. The molecule has 0 bridgehead atoms. The SMILES string of the molecule is COc1ccc(Br)cc1C=C1NC(=S)NC1=O. The van der Waals surface area contributed by atoms with Gasteiger partial charge in [0.05, 0.1) is 7.11 Å². The van der Waals surface area contributed by atoms with Crippen molar-refractivity contribution in [1.29, 1.82) is 0 Å². The number of carbonyl (C=O) groups excluding carboxylic acids is 1. The molecule has 6 heteroatoms. The first-order valence-corrected chi connectivity index (χ1v) is 5.98. The van der Waals surface area contributed by atoms with Gasteiger partial charge in [0.2, 0.25) is 0 Å². The minimum atomic E-state index is -0.239. The topological polar surface area (TPSA) is 50.4 Å². The van der Waals surface area contributed by atoms with Crippen molar-refractivity contribution in [2.24, 2.45) is 0 Å². The number of halogens is 1. The lowest BCUT2D eigenvalue weighted by molar-refractivity contribution is -0.115. The Kier molecular flexibility index (Phi) is 3.44. The zero-order chi connectivity index (χ0) is 12.4. The van der Waals surface area contributed by atoms with Crippen LogP contribution in [0.25, 0.3) is 6.08 Å². The highest BCUT2D eigenvalue weighted by Gasteiger charge is 2.20. The van der Waals surface area contributed by atoms with Crippen LogP contribution < -0.4 is 15.4 Å². The molecule has 0 radical (unpaired) electrons. The fourth-order valence-corrected chi connectivity index (χ4v) is 2.04. The van der Waals surface area contributed by atoms with E-state index in [-0.39, 0.29) is 5.91 Å². The largest absolute Gasteiger partial charge is 0.496 e. The summed E-state index contributed by atoms with van der Waals surface area (Å²) in [4.78, 5) is 11.5. The Bertz CT molecular complexity index is 528. The highest BCUT2D eigenvalue weighted by molar-refractivity contribution is 9.10. The van der Waals surface area contributed by atoms with Gasteiger partial charge in [-0.3, -0.25) is 10.1 Å². The second-order valence-corrected chi connectivity index (χ2v) is 4.68. The Hall–Kier alpha value is -1.40. The van der Waals surface area contributed by atoms with E-state index in [1.807, 2.05) is 18.2 Å². The molecule has 1 amide bonds. The highest BCUT2D eigenvalue weighted by Crippen LogP contribution is 2.25. The molecule has 1 aromatic rings. The number of methoxy groups -OCH3 is 1. The van der Waals surface area contributed by atoms with Gasteiger partial charge in [-0.2, -0.15) is 0 Å². The van der Waals surface area contributed by atoms with Gasteiger partial charge in [-0.25, -0.2) is 0 Å². The van der Waals surface area contributed by atoms with Crippen molar-refractivity contribution < 1.29 is 9.53 Å². The molecule has 0 atom stereocenters. The molecule has 1 fully saturated rings. The second kappa shape index (κ2) is 4.85. The van der Waals surface area contributed by atoms with Crippen molar-refractivity contribution in [2.75, 3.05) is 7.11 Å². The average Bonchev–Trinajstić information content (AvgIpc) is 2.58. The lowest BCUT2D eigenvalue weighted by atomic mass is 10.1. The molecule has 1 aromatic carbocycles. The normalized spacial score (nSPS) is 16.9. The number of thiocarbonyl (C=S) groups is 1. The fourth-order valence-electron chi connectivity index (χ4n) is 1.46. The number of nitrogens with one attached hydrogen (secondary N) is 2. The monoisotopic (exact) mass is 312 g/mol. The summed E-state index contributed by atoms with van der Waals surface area (Å²) in [6.45, 7) is 0. The molecule has 1 heterocycles. The van der Waals surface area contributed by atoms with Crippen LogP contribution in [0.2, 0.25) is 0 Å². The number of benzene rings is 1. The van der Waals surface area contributed by atoms with Gasteiger partial charge in [0.25, 0.3) is 5.91 Å². The van der Waals surface area contributed by atoms with Gasteiger partial charge in [0.15, 0.2) is 5.11 Å². The summed E-state index contributed by atoms with van der Waals surface area (Å²) in [7, 11) is 1.58. The van der Waals surface area contributed by atoms with Crippen LogP contribution >= 0.6 is 28.1 Å². The van der Waals surface area contributed by atoms with Crippen molar-refractivity contribution in [2.45, 2.75) is 0 Å². The number of amides is 1. The lowest BCUT2D eigenvalue weighted by Crippen LogP contribution is -2.21. The molecule has 0 unspecified atom stereocenters. The molecule has 1 aliphatic heterocycles. The Labute approximate surface area is 112 Å². The molecule has 1 aliphatic rings. The maximum atomic E-state index is 11.5. The second-order valence-electron chi connectivity index (χ2n) is 3.35. The number of carbonyl (C=O) groups is 1. The predicted molar refractivity (Wildman–Crippen MR) is 72.5 cm³/mol. The van der Waals surface area contributed by atoms with E-state index >= 15 is 0 Å². The summed E-state index contributed by atoms with van der Waals surface area (Å²) in [6.07, 6.45) is 1.69. The summed E-state index contributed by atoms with van der Waals surface area (Å²) in [5.41, 5.74) is 1.20. The van der Waals surface area contributed by atoms with E-state index in [4.69, 9.17) is 17.0 Å². The predicted octanol–water partition coefficient (Wildman–Crippen LogP) is 1.80. The maximum Gasteiger partial charge on any atom is 0.273 e. The number of ether oxygens (including phenoxy) is 1. The number of hydrogen-bond acceptors (Lipinski definition) is 3. The third-order valence-electron chi connectivity index (χ3n) is 2.21. The first-order chi connectivity index (χ1) is 8.10. The zero-order valence-electron chi connectivity index (χ0n) is 8.91. The van der Waals surface area contributed by atoms with Gasteiger partial charge in [0, 0.05) is 10.0 Å². The summed E-state index contributed by atoms with van der Waals surface area (Å²) >= 11 is 8.22. The van der Waals surface area contributed by atoms with Crippen LogP contribution in [0.4, 0.5) is 0 Å². The Balaban J connectivity index is 2.41. The summed E-state index contributed by atoms with van der Waals surface area (Å²) in [5.74, 6) is 0.449. The standard InChI is InChI=1S/C11H9BrN2O2S/c1-16-9-3-2-7(12)4-6(9)5-8-10(15)14-11(17)13-8/h2-5H,1H3,(H2,13,14,15,17). The average molecular weight is 313 g/mol. The molecule has 2 rings (SSSR count). The Morgan fingerprint density at radius 1 is 1.41 bits per heavy atom. The van der Waals surface area contributed by atoms with Crippen molar-refractivity contribution in [3.63, 3.8) is 0 Å². The van der Waals surface area contributed by atoms with E-state index in [9.17, 15) is 4.79 Å². The quantitative estimate of drug-likeness (QED) is 0.646.